The Morgan fingerprint density at radius 1 is 1.33 bits per heavy atom. The molecule has 0 spiro atoms. The standard InChI is InChI=1S/C11H17NO6/c1-2-3-4-7(14)12-8-10(16)9(15)6(5-13)18-11(8)17/h1,6,8-11,13,15-17H,3-5H2,(H,12,14)/t6-,8-,9-,10-,11?/m1/s1. The molecule has 0 radical (unpaired) electrons. The van der Waals surface area contributed by atoms with Crippen LogP contribution in [0.15, 0.2) is 0 Å². The summed E-state index contributed by atoms with van der Waals surface area (Å²) in [5.74, 6) is 1.82. The summed E-state index contributed by atoms with van der Waals surface area (Å²) in [4.78, 5) is 11.4. The number of hydrogen-bond donors (Lipinski definition) is 5. The molecule has 102 valence electrons. The third-order valence-electron chi connectivity index (χ3n) is 2.72. The van der Waals surface area contributed by atoms with Gasteiger partial charge in [-0.25, -0.2) is 0 Å². The van der Waals surface area contributed by atoms with Gasteiger partial charge in [-0.1, -0.05) is 0 Å². The zero-order valence-electron chi connectivity index (χ0n) is 9.69. The van der Waals surface area contributed by atoms with Crippen molar-refractivity contribution in [2.45, 2.75) is 43.5 Å². The van der Waals surface area contributed by atoms with Gasteiger partial charge in [-0.05, 0) is 0 Å². The van der Waals surface area contributed by atoms with Gasteiger partial charge in [0.1, 0.15) is 24.4 Å². The lowest BCUT2D eigenvalue weighted by atomic mass is 9.97. The summed E-state index contributed by atoms with van der Waals surface area (Å²) in [5.41, 5.74) is 0. The fraction of sp³-hybridized carbons (Fsp3) is 0.727. The minimum atomic E-state index is -1.50. The number of aliphatic hydroxyl groups excluding tert-OH is 4. The molecular weight excluding hydrogens is 242 g/mol. The average molecular weight is 259 g/mol. The van der Waals surface area contributed by atoms with E-state index in [9.17, 15) is 20.1 Å². The molecule has 0 aromatic heterocycles. The number of carbonyl (C=O) groups excluding carboxylic acids is 1. The van der Waals surface area contributed by atoms with Crippen LogP contribution in [0.1, 0.15) is 12.8 Å². The van der Waals surface area contributed by atoms with E-state index >= 15 is 0 Å². The lowest BCUT2D eigenvalue weighted by molar-refractivity contribution is -0.253. The van der Waals surface area contributed by atoms with Crippen LogP contribution in [0.25, 0.3) is 0 Å². The Kier molecular flexibility index (Phi) is 5.53. The lowest BCUT2D eigenvalue weighted by Gasteiger charge is -2.40. The van der Waals surface area contributed by atoms with Gasteiger partial charge in [-0.15, -0.1) is 12.3 Å². The third-order valence-corrected chi connectivity index (χ3v) is 2.72. The first-order chi connectivity index (χ1) is 8.51. The molecule has 1 fully saturated rings. The summed E-state index contributed by atoms with van der Waals surface area (Å²) in [6, 6.07) is -1.16. The first-order valence-electron chi connectivity index (χ1n) is 5.54. The van der Waals surface area contributed by atoms with E-state index in [1.165, 1.54) is 0 Å². The molecule has 1 saturated heterocycles. The van der Waals surface area contributed by atoms with Crippen LogP contribution in [0.2, 0.25) is 0 Å². The molecule has 1 aliphatic rings. The van der Waals surface area contributed by atoms with E-state index < -0.39 is 43.2 Å². The van der Waals surface area contributed by atoms with Gasteiger partial charge < -0.3 is 30.5 Å². The average Bonchev–Trinajstić information content (AvgIpc) is 2.36. The molecule has 7 heteroatoms. The molecule has 5 N–H and O–H groups in total. The molecule has 1 heterocycles. The van der Waals surface area contributed by atoms with Crippen LogP contribution in [0.5, 0.6) is 0 Å². The van der Waals surface area contributed by atoms with Gasteiger partial charge in [0.05, 0.1) is 6.61 Å². The zero-order chi connectivity index (χ0) is 13.7. The highest BCUT2D eigenvalue weighted by molar-refractivity contribution is 5.76. The number of ether oxygens (including phenoxy) is 1. The van der Waals surface area contributed by atoms with Crippen molar-refractivity contribution in [1.82, 2.24) is 5.32 Å². The maximum absolute atomic E-state index is 11.4. The smallest absolute Gasteiger partial charge is 0.221 e. The van der Waals surface area contributed by atoms with Crippen LogP contribution >= 0.6 is 0 Å². The van der Waals surface area contributed by atoms with E-state index in [1.54, 1.807) is 0 Å². The van der Waals surface area contributed by atoms with E-state index in [4.69, 9.17) is 16.3 Å². The topological polar surface area (TPSA) is 119 Å². The Labute approximate surface area is 104 Å². The van der Waals surface area contributed by atoms with Crippen LogP contribution in [0.4, 0.5) is 0 Å². The van der Waals surface area contributed by atoms with E-state index in [1.807, 2.05) is 0 Å². The maximum atomic E-state index is 11.4. The van der Waals surface area contributed by atoms with E-state index in [0.29, 0.717) is 0 Å². The fourth-order valence-electron chi connectivity index (χ4n) is 1.70. The summed E-state index contributed by atoms with van der Waals surface area (Å²) >= 11 is 0. The van der Waals surface area contributed by atoms with Crippen LogP contribution in [0, 0.1) is 12.3 Å². The molecule has 1 amide bonds. The number of amides is 1. The minimum Gasteiger partial charge on any atom is -0.394 e. The van der Waals surface area contributed by atoms with Crippen molar-refractivity contribution in [2.24, 2.45) is 0 Å². The van der Waals surface area contributed by atoms with Gasteiger partial charge in [0.2, 0.25) is 5.91 Å². The van der Waals surface area contributed by atoms with Gasteiger partial charge in [0, 0.05) is 12.8 Å². The summed E-state index contributed by atoms with van der Waals surface area (Å²) in [7, 11) is 0. The van der Waals surface area contributed by atoms with Gasteiger partial charge in [0.25, 0.3) is 0 Å². The van der Waals surface area contributed by atoms with Crippen molar-refractivity contribution in [2.75, 3.05) is 6.61 Å². The second-order valence-corrected chi connectivity index (χ2v) is 4.03. The monoisotopic (exact) mass is 259 g/mol. The molecule has 7 nitrogen and oxygen atoms in total. The van der Waals surface area contributed by atoms with E-state index in [2.05, 4.69) is 11.2 Å². The van der Waals surface area contributed by atoms with Crippen LogP contribution in [-0.2, 0) is 9.53 Å². The molecular formula is C11H17NO6. The number of nitrogens with one attached hydrogen (secondary N) is 1. The lowest BCUT2D eigenvalue weighted by Crippen LogP contribution is -2.64. The highest BCUT2D eigenvalue weighted by Gasteiger charge is 2.44. The van der Waals surface area contributed by atoms with E-state index in [-0.39, 0.29) is 12.8 Å². The molecule has 0 bridgehead atoms. The number of rotatable bonds is 4. The van der Waals surface area contributed by atoms with Crippen molar-refractivity contribution in [1.29, 1.82) is 0 Å². The highest BCUT2D eigenvalue weighted by Crippen LogP contribution is 2.19. The maximum Gasteiger partial charge on any atom is 0.221 e. The molecule has 0 aromatic carbocycles. The Morgan fingerprint density at radius 2 is 2.00 bits per heavy atom. The Bertz CT molecular complexity index is 328. The largest absolute Gasteiger partial charge is 0.394 e. The molecule has 1 rings (SSSR count). The number of terminal acetylenes is 1. The Morgan fingerprint density at radius 3 is 2.56 bits per heavy atom. The van der Waals surface area contributed by atoms with Crippen molar-refractivity contribution in [3.05, 3.63) is 0 Å². The Hall–Kier alpha value is -1.17. The zero-order valence-corrected chi connectivity index (χ0v) is 9.69. The van der Waals surface area contributed by atoms with Crippen molar-refractivity contribution >= 4 is 5.91 Å². The molecule has 0 aromatic rings. The van der Waals surface area contributed by atoms with Crippen molar-refractivity contribution < 1.29 is 30.0 Å². The number of aliphatic hydroxyl groups is 4. The minimum absolute atomic E-state index is 0.0476. The molecule has 1 unspecified atom stereocenters. The van der Waals surface area contributed by atoms with Crippen LogP contribution in [-0.4, -0.2) is 63.6 Å². The SMILES string of the molecule is C#CCCC(=O)N[C@H]1C(O)O[C@H](CO)[C@@H](O)[C@@H]1O. The molecule has 1 aliphatic heterocycles. The number of hydrogen-bond acceptors (Lipinski definition) is 6. The summed E-state index contributed by atoms with van der Waals surface area (Å²) in [5, 5.41) is 40.1. The fourth-order valence-corrected chi connectivity index (χ4v) is 1.70. The predicted molar refractivity (Wildman–Crippen MR) is 60.0 cm³/mol. The predicted octanol–water partition coefficient (Wildman–Crippen LogP) is -2.68. The second kappa shape index (κ2) is 6.68. The van der Waals surface area contributed by atoms with Gasteiger partial charge in [-0.2, -0.15) is 0 Å². The molecule has 18 heavy (non-hydrogen) atoms. The van der Waals surface area contributed by atoms with Crippen molar-refractivity contribution in [3.8, 4) is 12.3 Å². The van der Waals surface area contributed by atoms with Crippen molar-refractivity contribution in [3.63, 3.8) is 0 Å². The van der Waals surface area contributed by atoms with Gasteiger partial charge >= 0.3 is 0 Å². The van der Waals surface area contributed by atoms with E-state index in [0.717, 1.165) is 0 Å². The summed E-state index contributed by atoms with van der Waals surface area (Å²) < 4.78 is 4.88. The Balaban J connectivity index is 2.60. The number of carbonyl (C=O) groups is 1. The third kappa shape index (κ3) is 3.41. The first-order valence-corrected chi connectivity index (χ1v) is 5.54. The van der Waals surface area contributed by atoms with Gasteiger partial charge in [0.15, 0.2) is 6.29 Å². The van der Waals surface area contributed by atoms with Crippen LogP contribution < -0.4 is 5.32 Å². The first kappa shape index (κ1) is 14.9. The quantitative estimate of drug-likeness (QED) is 0.351. The van der Waals surface area contributed by atoms with Crippen LogP contribution in [0.3, 0.4) is 0 Å². The molecule has 0 aliphatic carbocycles. The normalized spacial score (nSPS) is 35.8. The molecule has 0 saturated carbocycles. The summed E-state index contributed by atoms with van der Waals surface area (Å²) in [6.07, 6.45) is -0.137. The van der Waals surface area contributed by atoms with Gasteiger partial charge in [-0.3, -0.25) is 4.79 Å². The highest BCUT2D eigenvalue weighted by atomic mass is 16.6. The molecule has 5 atom stereocenters. The summed E-state index contributed by atoms with van der Waals surface area (Å²) in [6.45, 7) is -0.549. The second-order valence-electron chi connectivity index (χ2n) is 4.03.